The summed E-state index contributed by atoms with van der Waals surface area (Å²) in [4.78, 5) is 13.2. The van der Waals surface area contributed by atoms with Crippen molar-refractivity contribution in [2.75, 3.05) is 26.2 Å². The Kier molecular flexibility index (Phi) is 4.06. The lowest BCUT2D eigenvalue weighted by Gasteiger charge is -2.51. The number of aliphatic hydroxyl groups excluding tert-OH is 1. The minimum absolute atomic E-state index is 0.309. The number of nitrogens with zero attached hydrogens (tertiary/aromatic N) is 4. The number of hydrogen-bond acceptors (Lipinski definition) is 5. The molecule has 0 aliphatic carbocycles. The molecule has 2 aliphatic rings. The first-order chi connectivity index (χ1) is 9.36. The summed E-state index contributed by atoms with van der Waals surface area (Å²) in [6, 6.07) is 1.03. The fourth-order valence-electron chi connectivity index (χ4n) is 3.30. The minimum atomic E-state index is 0.309. The summed E-state index contributed by atoms with van der Waals surface area (Å²) in [7, 11) is 0. The van der Waals surface area contributed by atoms with Gasteiger partial charge in [0.25, 0.3) is 0 Å². The highest BCUT2D eigenvalue weighted by Gasteiger charge is 2.38. The van der Waals surface area contributed by atoms with E-state index in [4.69, 9.17) is 0 Å². The van der Waals surface area contributed by atoms with E-state index in [2.05, 4.69) is 19.8 Å². The molecule has 5 nitrogen and oxygen atoms in total. The molecule has 5 heteroatoms. The van der Waals surface area contributed by atoms with Crippen LogP contribution in [-0.4, -0.2) is 63.2 Å². The maximum absolute atomic E-state index is 9.32. The molecule has 2 aliphatic heterocycles. The van der Waals surface area contributed by atoms with E-state index in [1.54, 1.807) is 6.33 Å². The van der Waals surface area contributed by atoms with E-state index >= 15 is 0 Å². The summed E-state index contributed by atoms with van der Waals surface area (Å²) in [5.74, 6) is 0. The van der Waals surface area contributed by atoms with Crippen LogP contribution in [0.2, 0.25) is 0 Å². The topological polar surface area (TPSA) is 52.5 Å². The van der Waals surface area contributed by atoms with Gasteiger partial charge in [0.15, 0.2) is 0 Å². The van der Waals surface area contributed by atoms with Crippen LogP contribution >= 0.6 is 0 Å². The van der Waals surface area contributed by atoms with Gasteiger partial charge in [0.05, 0.1) is 6.61 Å². The highest BCUT2D eigenvalue weighted by Crippen LogP contribution is 2.28. The molecule has 104 valence electrons. The zero-order valence-corrected chi connectivity index (χ0v) is 11.3. The highest BCUT2D eigenvalue weighted by atomic mass is 16.3. The van der Waals surface area contributed by atoms with Gasteiger partial charge in [-0.2, -0.15) is 0 Å². The molecule has 1 aromatic rings. The largest absolute Gasteiger partial charge is 0.395 e. The SMILES string of the molecule is OC[C@@H]1C[C@@H]2CN(Cc3cncnc3)CCCCN12. The molecule has 1 N–H and O–H groups in total. The molecular weight excluding hydrogens is 240 g/mol. The van der Waals surface area contributed by atoms with Gasteiger partial charge in [-0.15, -0.1) is 0 Å². The van der Waals surface area contributed by atoms with Crippen LogP contribution in [0, 0.1) is 0 Å². The molecular formula is C14H22N4O. The van der Waals surface area contributed by atoms with Gasteiger partial charge in [-0.3, -0.25) is 9.80 Å². The average Bonchev–Trinajstić information content (AvgIpc) is 2.41. The second-order valence-electron chi connectivity index (χ2n) is 5.65. The predicted molar refractivity (Wildman–Crippen MR) is 72.5 cm³/mol. The second kappa shape index (κ2) is 5.94. The standard InChI is InChI=1S/C14H22N4O/c19-10-14-5-13-9-17(3-1-2-4-18(13)14)8-12-6-15-11-16-7-12/h6-7,11,13-14,19H,1-5,8-10H2/t13-,14+/m1/s1. The van der Waals surface area contributed by atoms with Crippen LogP contribution in [0.1, 0.15) is 24.8 Å². The van der Waals surface area contributed by atoms with E-state index in [0.29, 0.717) is 18.7 Å². The lowest BCUT2D eigenvalue weighted by Crippen LogP contribution is -2.62. The lowest BCUT2D eigenvalue weighted by molar-refractivity contribution is -0.0421. The summed E-state index contributed by atoms with van der Waals surface area (Å²) in [5.41, 5.74) is 1.19. The molecule has 0 bridgehead atoms. The third kappa shape index (κ3) is 2.94. The van der Waals surface area contributed by atoms with Crippen LogP contribution in [0.3, 0.4) is 0 Å². The number of fused-ring (bicyclic) bond motifs is 1. The quantitative estimate of drug-likeness (QED) is 0.860. The smallest absolute Gasteiger partial charge is 0.115 e. The molecule has 2 atom stereocenters. The first-order valence-corrected chi connectivity index (χ1v) is 7.19. The fourth-order valence-corrected chi connectivity index (χ4v) is 3.30. The molecule has 2 saturated heterocycles. The zero-order valence-electron chi connectivity index (χ0n) is 11.3. The maximum atomic E-state index is 9.32. The number of rotatable bonds is 3. The van der Waals surface area contributed by atoms with Crippen LogP contribution in [0.15, 0.2) is 18.7 Å². The molecule has 0 amide bonds. The van der Waals surface area contributed by atoms with Crippen molar-refractivity contribution in [1.29, 1.82) is 0 Å². The van der Waals surface area contributed by atoms with Gasteiger partial charge in [0, 0.05) is 43.1 Å². The Bertz CT molecular complexity index is 400. The maximum Gasteiger partial charge on any atom is 0.115 e. The van der Waals surface area contributed by atoms with Gasteiger partial charge >= 0.3 is 0 Å². The van der Waals surface area contributed by atoms with Gasteiger partial charge in [0.2, 0.25) is 0 Å². The van der Waals surface area contributed by atoms with E-state index in [1.807, 2.05) is 12.4 Å². The Balaban J connectivity index is 1.60. The van der Waals surface area contributed by atoms with Gasteiger partial charge in [-0.25, -0.2) is 9.97 Å². The normalized spacial score (nSPS) is 29.1. The van der Waals surface area contributed by atoms with E-state index in [0.717, 1.165) is 32.6 Å². The second-order valence-corrected chi connectivity index (χ2v) is 5.65. The Hall–Kier alpha value is -1.04. The molecule has 0 saturated carbocycles. The van der Waals surface area contributed by atoms with Crippen LogP contribution in [0.25, 0.3) is 0 Å². The predicted octanol–water partition coefficient (Wildman–Crippen LogP) is 0.508. The Morgan fingerprint density at radius 3 is 2.79 bits per heavy atom. The summed E-state index contributed by atoms with van der Waals surface area (Å²) in [6.45, 7) is 4.66. The average molecular weight is 262 g/mol. The number of hydrogen-bond donors (Lipinski definition) is 1. The number of aliphatic hydroxyl groups is 1. The lowest BCUT2D eigenvalue weighted by atomic mass is 9.91. The molecule has 0 aromatic carbocycles. The van der Waals surface area contributed by atoms with Gasteiger partial charge in [-0.05, 0) is 32.4 Å². The summed E-state index contributed by atoms with van der Waals surface area (Å²) < 4.78 is 0. The molecule has 2 fully saturated rings. The van der Waals surface area contributed by atoms with Crippen molar-refractivity contribution < 1.29 is 5.11 Å². The van der Waals surface area contributed by atoms with Gasteiger partial charge in [0.1, 0.15) is 6.33 Å². The van der Waals surface area contributed by atoms with Crippen molar-refractivity contribution in [2.45, 2.75) is 37.9 Å². The zero-order chi connectivity index (χ0) is 13.1. The highest BCUT2D eigenvalue weighted by molar-refractivity contribution is 5.03. The van der Waals surface area contributed by atoms with Crippen LogP contribution in [0.5, 0.6) is 0 Å². The molecule has 0 unspecified atom stereocenters. The van der Waals surface area contributed by atoms with Crippen molar-refractivity contribution >= 4 is 0 Å². The van der Waals surface area contributed by atoms with Crippen molar-refractivity contribution in [3.05, 3.63) is 24.3 Å². The first-order valence-electron chi connectivity index (χ1n) is 7.19. The van der Waals surface area contributed by atoms with E-state index in [1.165, 1.54) is 18.4 Å². The minimum Gasteiger partial charge on any atom is -0.395 e. The van der Waals surface area contributed by atoms with Crippen LogP contribution < -0.4 is 0 Å². The van der Waals surface area contributed by atoms with Crippen molar-refractivity contribution in [1.82, 2.24) is 19.8 Å². The third-order valence-electron chi connectivity index (χ3n) is 4.32. The van der Waals surface area contributed by atoms with Crippen molar-refractivity contribution in [3.8, 4) is 0 Å². The van der Waals surface area contributed by atoms with Crippen molar-refractivity contribution in [3.63, 3.8) is 0 Å². The van der Waals surface area contributed by atoms with E-state index in [-0.39, 0.29) is 0 Å². The van der Waals surface area contributed by atoms with E-state index in [9.17, 15) is 5.11 Å². The Morgan fingerprint density at radius 1 is 1.21 bits per heavy atom. The molecule has 0 spiro atoms. The van der Waals surface area contributed by atoms with Crippen LogP contribution in [0.4, 0.5) is 0 Å². The molecule has 0 radical (unpaired) electrons. The van der Waals surface area contributed by atoms with Crippen LogP contribution in [-0.2, 0) is 6.54 Å². The molecule has 3 heterocycles. The Labute approximate surface area is 114 Å². The Morgan fingerprint density at radius 2 is 2.00 bits per heavy atom. The molecule has 3 rings (SSSR count). The molecule has 1 aromatic heterocycles. The molecule has 19 heavy (non-hydrogen) atoms. The summed E-state index contributed by atoms with van der Waals surface area (Å²) in [6.07, 6.45) is 8.99. The third-order valence-corrected chi connectivity index (χ3v) is 4.32. The summed E-state index contributed by atoms with van der Waals surface area (Å²) in [5, 5.41) is 9.32. The van der Waals surface area contributed by atoms with Gasteiger partial charge in [-0.1, -0.05) is 0 Å². The number of aromatic nitrogens is 2. The van der Waals surface area contributed by atoms with Crippen molar-refractivity contribution in [2.24, 2.45) is 0 Å². The van der Waals surface area contributed by atoms with Gasteiger partial charge < -0.3 is 5.11 Å². The van der Waals surface area contributed by atoms with E-state index < -0.39 is 0 Å². The monoisotopic (exact) mass is 262 g/mol. The summed E-state index contributed by atoms with van der Waals surface area (Å²) >= 11 is 0. The first kappa shape index (κ1) is 13.0. The fraction of sp³-hybridized carbons (Fsp3) is 0.714.